The maximum absolute atomic E-state index is 12.6. The zero-order valence-corrected chi connectivity index (χ0v) is 17.7. The Balaban J connectivity index is 1.49. The molecule has 14 nitrogen and oxygen atoms in total. The summed E-state index contributed by atoms with van der Waals surface area (Å²) in [7, 11) is 0. The Kier molecular flexibility index (Phi) is 6.13. The van der Waals surface area contributed by atoms with Crippen LogP contribution in [0.3, 0.4) is 0 Å². The molecule has 2 heterocycles. The quantitative estimate of drug-likeness (QED) is 0.290. The highest BCUT2D eigenvalue weighted by atomic mass is 35.5. The summed E-state index contributed by atoms with van der Waals surface area (Å²) < 4.78 is 8.13. The van der Waals surface area contributed by atoms with E-state index in [0.29, 0.717) is 10.8 Å². The molecule has 2 aromatic carbocycles. The van der Waals surface area contributed by atoms with E-state index >= 15 is 0 Å². The van der Waals surface area contributed by atoms with Crippen LogP contribution in [0.25, 0.3) is 0 Å². The molecule has 0 unspecified atom stereocenters. The fraction of sp³-hybridized carbons (Fsp3) is 0.0526. The Morgan fingerprint density at radius 2 is 1.76 bits per heavy atom. The number of non-ortho nitro benzene ring substituents is 1. The average Bonchev–Trinajstić information content (AvgIpc) is 3.45. The van der Waals surface area contributed by atoms with E-state index in [9.17, 15) is 25.0 Å². The second kappa shape index (κ2) is 9.33. The van der Waals surface area contributed by atoms with Crippen LogP contribution in [0.5, 0.6) is 11.5 Å². The van der Waals surface area contributed by atoms with Gasteiger partial charge in [-0.15, -0.1) is 0 Å². The van der Waals surface area contributed by atoms with Crippen LogP contribution < -0.4 is 10.1 Å². The van der Waals surface area contributed by atoms with Crippen molar-refractivity contribution in [3.8, 4) is 11.5 Å². The number of ether oxygens (including phenoxy) is 1. The summed E-state index contributed by atoms with van der Waals surface area (Å²) in [4.78, 5) is 36.8. The zero-order chi connectivity index (χ0) is 24.2. The van der Waals surface area contributed by atoms with Gasteiger partial charge in [0.1, 0.15) is 11.5 Å². The second-order valence-corrected chi connectivity index (χ2v) is 7.14. The summed E-state index contributed by atoms with van der Waals surface area (Å²) in [5.74, 6) is -0.673. The molecule has 0 spiro atoms. The summed E-state index contributed by atoms with van der Waals surface area (Å²) in [5.41, 5.74) is -0.175. The van der Waals surface area contributed by atoms with Gasteiger partial charge in [0, 0.05) is 28.5 Å². The fourth-order valence-electron chi connectivity index (χ4n) is 2.80. The number of nitro groups is 2. The number of amides is 1. The lowest BCUT2D eigenvalue weighted by Gasteiger charge is -2.09. The van der Waals surface area contributed by atoms with Gasteiger partial charge in [-0.1, -0.05) is 16.6 Å². The zero-order valence-electron chi connectivity index (χ0n) is 16.9. The number of aromatic nitrogens is 5. The van der Waals surface area contributed by atoms with Crippen molar-refractivity contribution in [1.29, 1.82) is 0 Å². The lowest BCUT2D eigenvalue weighted by molar-refractivity contribution is -0.394. The maximum Gasteiger partial charge on any atom is 0.491 e. The van der Waals surface area contributed by atoms with E-state index in [2.05, 4.69) is 20.5 Å². The molecule has 4 rings (SSSR count). The van der Waals surface area contributed by atoms with E-state index in [0.717, 1.165) is 6.33 Å². The molecule has 0 aliphatic heterocycles. The van der Waals surface area contributed by atoms with Gasteiger partial charge in [0.25, 0.3) is 11.6 Å². The molecule has 0 bridgehead atoms. The number of hydrogen-bond donors (Lipinski definition) is 1. The highest BCUT2D eigenvalue weighted by Gasteiger charge is 2.17. The molecule has 0 aliphatic rings. The molecule has 0 fully saturated rings. The van der Waals surface area contributed by atoms with Gasteiger partial charge >= 0.3 is 5.95 Å². The van der Waals surface area contributed by atoms with Crippen LogP contribution >= 0.6 is 11.6 Å². The number of rotatable bonds is 8. The average molecular weight is 485 g/mol. The smallest absolute Gasteiger partial charge is 0.457 e. The van der Waals surface area contributed by atoms with Crippen molar-refractivity contribution in [2.45, 2.75) is 6.67 Å². The summed E-state index contributed by atoms with van der Waals surface area (Å²) in [5, 5.41) is 32.8. The number of anilines is 1. The number of nitrogens with one attached hydrogen (secondary N) is 1. The van der Waals surface area contributed by atoms with Crippen LogP contribution in [0.4, 0.5) is 17.3 Å². The van der Waals surface area contributed by atoms with Crippen LogP contribution in [0.2, 0.25) is 5.02 Å². The minimum absolute atomic E-state index is 0.00120. The summed E-state index contributed by atoms with van der Waals surface area (Å²) >= 11 is 5.85. The SMILES string of the molecule is O=C(Nc1cc(Oc2ccc(Cl)cc2)cc([N+](=O)[O-])c1)c1ccn(Cn2cnc([N+](=O)[O-])n2)n1. The van der Waals surface area contributed by atoms with Crippen molar-refractivity contribution in [2.75, 3.05) is 5.32 Å². The molecular weight excluding hydrogens is 472 g/mol. The number of nitro benzene ring substituents is 1. The van der Waals surface area contributed by atoms with Gasteiger partial charge in [-0.25, -0.2) is 4.68 Å². The molecule has 0 aliphatic carbocycles. The van der Waals surface area contributed by atoms with E-state index in [4.69, 9.17) is 16.3 Å². The van der Waals surface area contributed by atoms with Crippen LogP contribution in [0.15, 0.2) is 61.1 Å². The number of carbonyl (C=O) groups excluding carboxylic acids is 1. The van der Waals surface area contributed by atoms with Gasteiger partial charge in [0.15, 0.2) is 12.4 Å². The van der Waals surface area contributed by atoms with Crippen molar-refractivity contribution in [1.82, 2.24) is 24.5 Å². The standard InChI is InChI=1S/C19H13ClN8O6/c20-12-1-3-15(4-2-12)34-16-8-13(7-14(9-16)27(30)31)22-18(29)17-5-6-25(23-17)11-26-10-21-19(24-26)28(32)33/h1-10H,11H2,(H,22,29). The normalized spacial score (nSPS) is 10.6. The van der Waals surface area contributed by atoms with Crippen molar-refractivity contribution < 1.29 is 19.4 Å². The molecule has 34 heavy (non-hydrogen) atoms. The first-order chi connectivity index (χ1) is 16.3. The third-order valence-corrected chi connectivity index (χ3v) is 4.51. The summed E-state index contributed by atoms with van der Waals surface area (Å²) in [6.45, 7) is -0.0238. The van der Waals surface area contributed by atoms with Gasteiger partial charge in [-0.2, -0.15) is 9.78 Å². The van der Waals surface area contributed by atoms with Crippen LogP contribution in [0.1, 0.15) is 10.5 Å². The molecule has 15 heteroatoms. The number of hydrogen-bond acceptors (Lipinski definition) is 9. The summed E-state index contributed by atoms with van der Waals surface area (Å²) in [6.07, 6.45) is 2.62. The van der Waals surface area contributed by atoms with Gasteiger partial charge in [-0.3, -0.25) is 14.9 Å². The third kappa shape index (κ3) is 5.31. The monoisotopic (exact) mass is 484 g/mol. The first-order valence-corrected chi connectivity index (χ1v) is 9.76. The highest BCUT2D eigenvalue weighted by molar-refractivity contribution is 6.30. The Bertz CT molecular complexity index is 1380. The molecule has 172 valence electrons. The molecule has 0 saturated heterocycles. The van der Waals surface area contributed by atoms with Crippen molar-refractivity contribution >= 4 is 34.8 Å². The topological polar surface area (TPSA) is 173 Å². The number of halogens is 1. The third-order valence-electron chi connectivity index (χ3n) is 4.26. The van der Waals surface area contributed by atoms with Crippen molar-refractivity contribution in [3.05, 3.63) is 92.0 Å². The largest absolute Gasteiger partial charge is 0.491 e. The van der Waals surface area contributed by atoms with Crippen LogP contribution in [-0.2, 0) is 6.67 Å². The minimum atomic E-state index is -0.734. The van der Waals surface area contributed by atoms with Crippen molar-refractivity contribution in [2.24, 2.45) is 0 Å². The van der Waals surface area contributed by atoms with E-state index in [1.807, 2.05) is 0 Å². The van der Waals surface area contributed by atoms with Gasteiger partial charge in [0.2, 0.25) is 6.33 Å². The second-order valence-electron chi connectivity index (χ2n) is 6.71. The van der Waals surface area contributed by atoms with Gasteiger partial charge in [0.05, 0.1) is 16.7 Å². The first-order valence-electron chi connectivity index (χ1n) is 9.38. The number of nitrogens with zero attached hydrogens (tertiary/aromatic N) is 7. The van der Waals surface area contributed by atoms with E-state index in [1.165, 1.54) is 39.8 Å². The van der Waals surface area contributed by atoms with Crippen LogP contribution in [-0.4, -0.2) is 40.3 Å². The van der Waals surface area contributed by atoms with Crippen LogP contribution in [0, 0.1) is 20.2 Å². The number of benzene rings is 2. The van der Waals surface area contributed by atoms with Gasteiger partial charge in [-0.05, 0) is 35.3 Å². The first kappa shape index (κ1) is 22.3. The van der Waals surface area contributed by atoms with E-state index in [1.54, 1.807) is 24.3 Å². The molecule has 0 atom stereocenters. The lowest BCUT2D eigenvalue weighted by atomic mass is 10.2. The predicted octanol–water partition coefficient (Wildman–Crippen LogP) is 3.49. The Morgan fingerprint density at radius 3 is 2.44 bits per heavy atom. The maximum atomic E-state index is 12.6. The van der Waals surface area contributed by atoms with Gasteiger partial charge < -0.3 is 20.2 Å². The fourth-order valence-corrected chi connectivity index (χ4v) is 2.93. The molecule has 2 aromatic heterocycles. The molecule has 0 radical (unpaired) electrons. The van der Waals surface area contributed by atoms with E-state index in [-0.39, 0.29) is 29.5 Å². The molecule has 1 amide bonds. The Labute approximate surface area is 194 Å². The Hall–Kier alpha value is -4.85. The summed E-state index contributed by atoms with van der Waals surface area (Å²) in [6, 6.07) is 11.6. The molecule has 4 aromatic rings. The molecule has 1 N–H and O–H groups in total. The highest BCUT2D eigenvalue weighted by Crippen LogP contribution is 2.30. The van der Waals surface area contributed by atoms with Crippen molar-refractivity contribution in [3.63, 3.8) is 0 Å². The minimum Gasteiger partial charge on any atom is -0.457 e. The molecule has 0 saturated carbocycles. The predicted molar refractivity (Wildman–Crippen MR) is 117 cm³/mol. The molecular formula is C19H13ClN8O6. The lowest BCUT2D eigenvalue weighted by Crippen LogP contribution is -2.15. The number of carbonyl (C=O) groups is 1. The Morgan fingerprint density at radius 1 is 1.00 bits per heavy atom. The van der Waals surface area contributed by atoms with E-state index < -0.39 is 21.7 Å².